The molecule has 0 saturated carbocycles. The molecule has 0 aromatic heterocycles. The number of hydrogen-bond acceptors (Lipinski definition) is 2. The van der Waals surface area contributed by atoms with Crippen LogP contribution < -0.4 is 0 Å². The molecule has 1 aromatic carbocycles. The molecule has 0 bridgehead atoms. The molecule has 2 nitrogen and oxygen atoms in total. The Morgan fingerprint density at radius 2 is 1.89 bits per heavy atom. The van der Waals surface area contributed by atoms with Crippen molar-refractivity contribution in [1.29, 1.82) is 0 Å². The van der Waals surface area contributed by atoms with E-state index in [1.165, 1.54) is 19.3 Å². The molecule has 1 aromatic rings. The van der Waals surface area contributed by atoms with Crippen molar-refractivity contribution in [3.8, 4) is 0 Å². The Labute approximate surface area is 116 Å². The van der Waals surface area contributed by atoms with Crippen LogP contribution in [0.2, 0.25) is 0 Å². The Kier molecular flexibility index (Phi) is 7.64. The predicted molar refractivity (Wildman–Crippen MR) is 78.8 cm³/mol. The van der Waals surface area contributed by atoms with E-state index in [0.717, 1.165) is 24.0 Å². The van der Waals surface area contributed by atoms with Gasteiger partial charge in [-0.3, -0.25) is 0 Å². The molecular weight excluding hydrogens is 236 g/mol. The Bertz CT molecular complexity index is 393. The first-order valence-electron chi connectivity index (χ1n) is 7.10. The van der Waals surface area contributed by atoms with Gasteiger partial charge < -0.3 is 4.74 Å². The van der Waals surface area contributed by atoms with E-state index in [0.29, 0.717) is 6.61 Å². The minimum atomic E-state index is -0.239. The number of allylic oxidation sites excluding steroid dienone is 1. The summed E-state index contributed by atoms with van der Waals surface area (Å²) in [5.74, 6) is -0.239. The van der Waals surface area contributed by atoms with Crippen LogP contribution in [-0.2, 0) is 16.1 Å². The van der Waals surface area contributed by atoms with Gasteiger partial charge in [-0.25, -0.2) is 4.79 Å². The molecule has 0 amide bonds. The van der Waals surface area contributed by atoms with Crippen LogP contribution in [0.25, 0.3) is 0 Å². The summed E-state index contributed by atoms with van der Waals surface area (Å²) >= 11 is 0. The van der Waals surface area contributed by atoms with Crippen LogP contribution in [0.1, 0.15) is 51.5 Å². The van der Waals surface area contributed by atoms with E-state index in [4.69, 9.17) is 4.74 Å². The minimum absolute atomic E-state index is 0.239. The van der Waals surface area contributed by atoms with E-state index in [2.05, 4.69) is 6.92 Å². The van der Waals surface area contributed by atoms with E-state index in [1.807, 2.05) is 37.3 Å². The number of rotatable bonds is 8. The summed E-state index contributed by atoms with van der Waals surface area (Å²) < 4.78 is 5.21. The molecule has 0 aliphatic heterocycles. The van der Waals surface area contributed by atoms with E-state index >= 15 is 0 Å². The molecular formula is C17H24O2. The molecule has 0 aliphatic rings. The molecule has 0 unspecified atom stereocenters. The van der Waals surface area contributed by atoms with Crippen molar-refractivity contribution in [2.45, 2.75) is 52.6 Å². The zero-order chi connectivity index (χ0) is 13.9. The van der Waals surface area contributed by atoms with Gasteiger partial charge in [0.2, 0.25) is 0 Å². The zero-order valence-electron chi connectivity index (χ0n) is 12.0. The molecule has 0 aliphatic carbocycles. The van der Waals surface area contributed by atoms with Crippen molar-refractivity contribution in [3.63, 3.8) is 0 Å². The van der Waals surface area contributed by atoms with Gasteiger partial charge in [0.05, 0.1) is 0 Å². The second-order valence-corrected chi connectivity index (χ2v) is 4.89. The maximum absolute atomic E-state index is 11.6. The molecule has 0 heterocycles. The molecule has 0 saturated heterocycles. The zero-order valence-corrected chi connectivity index (χ0v) is 12.0. The van der Waals surface area contributed by atoms with Crippen molar-refractivity contribution in [2.75, 3.05) is 0 Å². The first-order chi connectivity index (χ1) is 9.22. The standard InChI is InChI=1S/C17H24O2/c1-3-4-5-7-10-15(2)13-17(18)19-14-16-11-8-6-9-12-16/h6,8-9,11-13H,3-5,7,10,14H2,1-2H3. The summed E-state index contributed by atoms with van der Waals surface area (Å²) in [4.78, 5) is 11.6. The Hall–Kier alpha value is -1.57. The van der Waals surface area contributed by atoms with Crippen LogP contribution in [-0.4, -0.2) is 5.97 Å². The van der Waals surface area contributed by atoms with E-state index in [-0.39, 0.29) is 5.97 Å². The van der Waals surface area contributed by atoms with Gasteiger partial charge in [-0.1, -0.05) is 62.1 Å². The molecule has 104 valence electrons. The molecule has 0 N–H and O–H groups in total. The van der Waals surface area contributed by atoms with Crippen molar-refractivity contribution < 1.29 is 9.53 Å². The van der Waals surface area contributed by atoms with Gasteiger partial charge in [-0.2, -0.15) is 0 Å². The topological polar surface area (TPSA) is 26.3 Å². The number of hydrogen-bond donors (Lipinski definition) is 0. The highest BCUT2D eigenvalue weighted by atomic mass is 16.5. The molecule has 0 spiro atoms. The van der Waals surface area contributed by atoms with Crippen LogP contribution in [0.3, 0.4) is 0 Å². The lowest BCUT2D eigenvalue weighted by Crippen LogP contribution is -2.01. The Morgan fingerprint density at radius 1 is 1.16 bits per heavy atom. The minimum Gasteiger partial charge on any atom is -0.458 e. The average Bonchev–Trinajstić information content (AvgIpc) is 2.42. The number of benzene rings is 1. The fourth-order valence-electron chi connectivity index (χ4n) is 1.87. The van der Waals surface area contributed by atoms with Gasteiger partial charge in [-0.05, 0) is 25.3 Å². The van der Waals surface area contributed by atoms with Gasteiger partial charge in [0.15, 0.2) is 0 Å². The first-order valence-corrected chi connectivity index (χ1v) is 7.10. The maximum atomic E-state index is 11.6. The van der Waals surface area contributed by atoms with E-state index < -0.39 is 0 Å². The molecule has 1 rings (SSSR count). The normalized spacial score (nSPS) is 11.4. The second kappa shape index (κ2) is 9.37. The highest BCUT2D eigenvalue weighted by molar-refractivity contribution is 5.82. The van der Waals surface area contributed by atoms with Gasteiger partial charge in [0.25, 0.3) is 0 Å². The molecule has 19 heavy (non-hydrogen) atoms. The predicted octanol–water partition coefficient (Wildman–Crippen LogP) is 4.65. The lowest BCUT2D eigenvalue weighted by Gasteiger charge is -2.04. The van der Waals surface area contributed by atoms with E-state index in [9.17, 15) is 4.79 Å². The van der Waals surface area contributed by atoms with Crippen LogP contribution in [0, 0.1) is 0 Å². The SMILES string of the molecule is CCCCCCC(C)=CC(=O)OCc1ccccc1. The fourth-order valence-corrected chi connectivity index (χ4v) is 1.87. The van der Waals surface area contributed by atoms with Gasteiger partial charge in [0.1, 0.15) is 6.61 Å². The summed E-state index contributed by atoms with van der Waals surface area (Å²) in [6, 6.07) is 9.74. The smallest absolute Gasteiger partial charge is 0.331 e. The average molecular weight is 260 g/mol. The summed E-state index contributed by atoms with van der Waals surface area (Å²) in [6.07, 6.45) is 7.51. The molecule has 0 radical (unpaired) electrons. The highest BCUT2D eigenvalue weighted by Gasteiger charge is 2.00. The van der Waals surface area contributed by atoms with Gasteiger partial charge >= 0.3 is 5.97 Å². The number of unbranched alkanes of at least 4 members (excludes halogenated alkanes) is 3. The third-order valence-electron chi connectivity index (χ3n) is 3.01. The second-order valence-electron chi connectivity index (χ2n) is 4.89. The third-order valence-corrected chi connectivity index (χ3v) is 3.01. The first kappa shape index (κ1) is 15.5. The number of carbonyl (C=O) groups excluding carboxylic acids is 1. The van der Waals surface area contributed by atoms with Crippen LogP contribution in [0.15, 0.2) is 42.0 Å². The summed E-state index contributed by atoms with van der Waals surface area (Å²) in [5.41, 5.74) is 2.12. The largest absolute Gasteiger partial charge is 0.458 e. The number of ether oxygens (including phenoxy) is 1. The molecule has 0 fully saturated rings. The van der Waals surface area contributed by atoms with Gasteiger partial charge in [-0.15, -0.1) is 0 Å². The Morgan fingerprint density at radius 3 is 2.58 bits per heavy atom. The number of esters is 1. The molecule has 0 atom stereocenters. The maximum Gasteiger partial charge on any atom is 0.331 e. The van der Waals surface area contributed by atoms with Crippen molar-refractivity contribution in [3.05, 3.63) is 47.5 Å². The van der Waals surface area contributed by atoms with E-state index in [1.54, 1.807) is 6.08 Å². The monoisotopic (exact) mass is 260 g/mol. The Balaban J connectivity index is 2.25. The van der Waals surface area contributed by atoms with Crippen molar-refractivity contribution in [2.24, 2.45) is 0 Å². The van der Waals surface area contributed by atoms with Gasteiger partial charge in [0, 0.05) is 6.08 Å². The van der Waals surface area contributed by atoms with Crippen molar-refractivity contribution >= 4 is 5.97 Å². The summed E-state index contributed by atoms with van der Waals surface area (Å²) in [7, 11) is 0. The lowest BCUT2D eigenvalue weighted by atomic mass is 10.1. The van der Waals surface area contributed by atoms with Crippen LogP contribution in [0.5, 0.6) is 0 Å². The van der Waals surface area contributed by atoms with Crippen LogP contribution in [0.4, 0.5) is 0 Å². The fraction of sp³-hybridized carbons (Fsp3) is 0.471. The highest BCUT2D eigenvalue weighted by Crippen LogP contribution is 2.10. The number of carbonyl (C=O) groups is 1. The lowest BCUT2D eigenvalue weighted by molar-refractivity contribution is -0.139. The molecule has 2 heteroatoms. The van der Waals surface area contributed by atoms with Crippen LogP contribution >= 0.6 is 0 Å². The quantitative estimate of drug-likeness (QED) is 0.386. The van der Waals surface area contributed by atoms with Crippen molar-refractivity contribution in [1.82, 2.24) is 0 Å². The summed E-state index contributed by atoms with van der Waals surface area (Å²) in [6.45, 7) is 4.54. The third kappa shape index (κ3) is 7.45. The summed E-state index contributed by atoms with van der Waals surface area (Å²) in [5, 5.41) is 0.